The number of amides is 2. The molecule has 0 atom stereocenters. The Kier molecular flexibility index (Phi) is 5.86. The van der Waals surface area contributed by atoms with Crippen molar-refractivity contribution in [2.75, 3.05) is 11.9 Å². The topological polar surface area (TPSA) is 71.1 Å². The van der Waals surface area contributed by atoms with Crippen molar-refractivity contribution in [2.24, 2.45) is 5.92 Å². The van der Waals surface area contributed by atoms with Crippen molar-refractivity contribution in [3.8, 4) is 0 Å². The van der Waals surface area contributed by atoms with Crippen LogP contribution >= 0.6 is 0 Å². The number of pyridine rings is 1. The van der Waals surface area contributed by atoms with Gasteiger partial charge < -0.3 is 10.6 Å². The van der Waals surface area contributed by atoms with Crippen LogP contribution < -0.4 is 10.6 Å². The second-order valence-corrected chi connectivity index (χ2v) is 5.69. The van der Waals surface area contributed by atoms with Crippen LogP contribution in [0, 0.1) is 5.92 Å². The lowest BCUT2D eigenvalue weighted by atomic mass is 10.1. The largest absolute Gasteiger partial charge is 0.352 e. The maximum Gasteiger partial charge on any atom is 0.274 e. The molecule has 23 heavy (non-hydrogen) atoms. The zero-order valence-corrected chi connectivity index (χ0v) is 13.4. The van der Waals surface area contributed by atoms with Crippen molar-refractivity contribution in [3.63, 3.8) is 0 Å². The highest BCUT2D eigenvalue weighted by atomic mass is 16.2. The second kappa shape index (κ2) is 8.08. The average molecular weight is 311 g/mol. The third-order valence-corrected chi connectivity index (χ3v) is 3.29. The fourth-order valence-electron chi connectivity index (χ4n) is 1.99. The van der Waals surface area contributed by atoms with Crippen LogP contribution in [0.5, 0.6) is 0 Å². The smallest absolute Gasteiger partial charge is 0.274 e. The predicted octanol–water partition coefficient (Wildman–Crippen LogP) is 3.11. The predicted molar refractivity (Wildman–Crippen MR) is 90.4 cm³/mol. The molecule has 0 unspecified atom stereocenters. The minimum absolute atomic E-state index is 0.193. The van der Waals surface area contributed by atoms with Crippen LogP contribution in [0.1, 0.15) is 41.1 Å². The summed E-state index contributed by atoms with van der Waals surface area (Å²) >= 11 is 0. The number of carbonyl (C=O) groups is 2. The Hall–Kier alpha value is -2.69. The van der Waals surface area contributed by atoms with Gasteiger partial charge in [0.1, 0.15) is 5.69 Å². The van der Waals surface area contributed by atoms with E-state index in [9.17, 15) is 9.59 Å². The highest BCUT2D eigenvalue weighted by Crippen LogP contribution is 2.09. The van der Waals surface area contributed by atoms with Gasteiger partial charge in [-0.1, -0.05) is 32.0 Å². The Bertz CT molecular complexity index is 669. The summed E-state index contributed by atoms with van der Waals surface area (Å²) in [6.07, 6.45) is 2.38. The number of para-hydroxylation sites is 1. The highest BCUT2D eigenvalue weighted by molar-refractivity contribution is 6.04. The summed E-state index contributed by atoms with van der Waals surface area (Å²) in [6, 6.07) is 12.2. The summed E-state index contributed by atoms with van der Waals surface area (Å²) in [5.74, 6) is -0.00482. The molecule has 0 saturated carbocycles. The number of nitrogens with one attached hydrogen (secondary N) is 2. The van der Waals surface area contributed by atoms with E-state index in [1.165, 1.54) is 12.3 Å². The normalized spacial score (nSPS) is 10.4. The highest BCUT2D eigenvalue weighted by Gasteiger charge is 2.12. The van der Waals surface area contributed by atoms with Gasteiger partial charge in [-0.25, -0.2) is 0 Å². The SMILES string of the molecule is CC(C)CCNC(=O)c1ccnc(C(=O)Nc2ccccc2)c1. The molecule has 0 radical (unpaired) electrons. The molecule has 0 aliphatic heterocycles. The van der Waals surface area contributed by atoms with Gasteiger partial charge in [0, 0.05) is 24.0 Å². The van der Waals surface area contributed by atoms with E-state index in [0.29, 0.717) is 23.7 Å². The molecule has 1 aromatic carbocycles. The summed E-state index contributed by atoms with van der Waals surface area (Å²) in [5.41, 5.74) is 1.33. The third-order valence-electron chi connectivity index (χ3n) is 3.29. The Morgan fingerprint density at radius 3 is 2.52 bits per heavy atom. The molecule has 0 bridgehead atoms. The minimum atomic E-state index is -0.340. The Morgan fingerprint density at radius 2 is 1.83 bits per heavy atom. The van der Waals surface area contributed by atoms with E-state index in [4.69, 9.17) is 0 Å². The van der Waals surface area contributed by atoms with Crippen LogP contribution in [0.2, 0.25) is 0 Å². The van der Waals surface area contributed by atoms with Crippen molar-refractivity contribution in [3.05, 3.63) is 59.9 Å². The molecule has 0 spiro atoms. The lowest BCUT2D eigenvalue weighted by Gasteiger charge is -2.08. The van der Waals surface area contributed by atoms with Crippen LogP contribution in [0.3, 0.4) is 0 Å². The lowest BCUT2D eigenvalue weighted by molar-refractivity contribution is 0.0952. The van der Waals surface area contributed by atoms with Crippen molar-refractivity contribution in [1.82, 2.24) is 10.3 Å². The Labute approximate surface area is 136 Å². The number of carbonyl (C=O) groups excluding carboxylic acids is 2. The zero-order chi connectivity index (χ0) is 16.7. The van der Waals surface area contributed by atoms with E-state index in [2.05, 4.69) is 29.5 Å². The fraction of sp³-hybridized carbons (Fsp3) is 0.278. The third kappa shape index (κ3) is 5.21. The van der Waals surface area contributed by atoms with Gasteiger partial charge in [-0.15, -0.1) is 0 Å². The molecule has 5 heteroatoms. The maximum atomic E-state index is 12.2. The van der Waals surface area contributed by atoms with E-state index in [1.807, 2.05) is 18.2 Å². The van der Waals surface area contributed by atoms with Gasteiger partial charge in [0.2, 0.25) is 0 Å². The first-order valence-corrected chi connectivity index (χ1v) is 7.67. The van der Waals surface area contributed by atoms with Crippen molar-refractivity contribution in [1.29, 1.82) is 0 Å². The van der Waals surface area contributed by atoms with Crippen LogP contribution in [0.4, 0.5) is 5.69 Å². The van der Waals surface area contributed by atoms with Crippen LogP contribution in [0.25, 0.3) is 0 Å². The molecule has 0 fully saturated rings. The van der Waals surface area contributed by atoms with E-state index in [-0.39, 0.29) is 17.5 Å². The second-order valence-electron chi connectivity index (χ2n) is 5.69. The fourth-order valence-corrected chi connectivity index (χ4v) is 1.99. The molecule has 0 saturated heterocycles. The molecule has 120 valence electrons. The van der Waals surface area contributed by atoms with Gasteiger partial charge in [0.15, 0.2) is 0 Å². The standard InChI is InChI=1S/C18H21N3O2/c1-13(2)8-10-20-17(22)14-9-11-19-16(12-14)18(23)21-15-6-4-3-5-7-15/h3-7,9,11-13H,8,10H2,1-2H3,(H,20,22)(H,21,23). The first kappa shape index (κ1) is 16.7. The van der Waals surface area contributed by atoms with Crippen molar-refractivity contribution < 1.29 is 9.59 Å². The quantitative estimate of drug-likeness (QED) is 0.861. The first-order valence-electron chi connectivity index (χ1n) is 7.67. The van der Waals surface area contributed by atoms with Gasteiger partial charge >= 0.3 is 0 Å². The van der Waals surface area contributed by atoms with E-state index < -0.39 is 0 Å². The molecule has 0 aliphatic rings. The van der Waals surface area contributed by atoms with Gasteiger partial charge in [0.05, 0.1) is 0 Å². The molecule has 2 aromatic rings. The number of nitrogens with zero attached hydrogens (tertiary/aromatic N) is 1. The zero-order valence-electron chi connectivity index (χ0n) is 13.4. The van der Waals surface area contributed by atoms with Crippen molar-refractivity contribution in [2.45, 2.75) is 20.3 Å². The van der Waals surface area contributed by atoms with Crippen molar-refractivity contribution >= 4 is 17.5 Å². The summed E-state index contributed by atoms with van der Waals surface area (Å²) in [7, 11) is 0. The van der Waals surface area contributed by atoms with Gasteiger partial charge in [-0.05, 0) is 36.6 Å². The Morgan fingerprint density at radius 1 is 1.09 bits per heavy atom. The number of aromatic nitrogens is 1. The molecule has 2 amide bonds. The molecule has 5 nitrogen and oxygen atoms in total. The Balaban J connectivity index is 2.01. The lowest BCUT2D eigenvalue weighted by Crippen LogP contribution is -2.26. The number of anilines is 1. The maximum absolute atomic E-state index is 12.2. The molecule has 1 heterocycles. The molecule has 1 aromatic heterocycles. The first-order chi connectivity index (χ1) is 11.1. The minimum Gasteiger partial charge on any atom is -0.352 e. The van der Waals surface area contributed by atoms with Crippen LogP contribution in [-0.2, 0) is 0 Å². The molecular weight excluding hydrogens is 290 g/mol. The van der Waals surface area contributed by atoms with E-state index in [0.717, 1.165) is 6.42 Å². The average Bonchev–Trinajstić information content (AvgIpc) is 2.55. The summed E-state index contributed by atoms with van der Waals surface area (Å²) in [4.78, 5) is 28.3. The number of benzene rings is 1. The van der Waals surface area contributed by atoms with Gasteiger partial charge in [-0.3, -0.25) is 14.6 Å². The monoisotopic (exact) mass is 311 g/mol. The number of hydrogen-bond acceptors (Lipinski definition) is 3. The van der Waals surface area contributed by atoms with E-state index in [1.54, 1.807) is 18.2 Å². The summed E-state index contributed by atoms with van der Waals surface area (Å²) < 4.78 is 0. The van der Waals surface area contributed by atoms with E-state index >= 15 is 0 Å². The van der Waals surface area contributed by atoms with Crippen LogP contribution in [0.15, 0.2) is 48.7 Å². The number of hydrogen-bond donors (Lipinski definition) is 2. The molecule has 2 N–H and O–H groups in total. The number of rotatable bonds is 6. The summed E-state index contributed by atoms with van der Waals surface area (Å²) in [5, 5.41) is 5.60. The van der Waals surface area contributed by atoms with Gasteiger partial charge in [0.25, 0.3) is 11.8 Å². The molecule has 0 aliphatic carbocycles. The van der Waals surface area contributed by atoms with Crippen LogP contribution in [-0.4, -0.2) is 23.3 Å². The molecular formula is C18H21N3O2. The molecule has 2 rings (SSSR count). The van der Waals surface area contributed by atoms with Gasteiger partial charge in [-0.2, -0.15) is 0 Å². The summed E-state index contributed by atoms with van der Waals surface area (Å²) in [6.45, 7) is 4.82.